The third-order valence-corrected chi connectivity index (χ3v) is 5.81. The Morgan fingerprint density at radius 3 is 2.69 bits per heavy atom. The van der Waals surface area contributed by atoms with Crippen molar-refractivity contribution in [3.63, 3.8) is 0 Å². The third kappa shape index (κ3) is 4.48. The number of carbonyl (C=O) groups excluding carboxylic acids is 2. The first kappa shape index (κ1) is 21.9. The summed E-state index contributed by atoms with van der Waals surface area (Å²) in [5, 5.41) is 3.71. The number of aryl methyl sites for hydroxylation is 1. The fraction of sp³-hybridized carbons (Fsp3) is 0.292. The topological polar surface area (TPSA) is 76.5 Å². The number of halogens is 1. The van der Waals surface area contributed by atoms with Gasteiger partial charge in [-0.2, -0.15) is 0 Å². The summed E-state index contributed by atoms with van der Waals surface area (Å²) in [6, 6.07) is 14.2. The van der Waals surface area contributed by atoms with Crippen LogP contribution in [-0.2, 0) is 16.6 Å². The number of anilines is 1. The van der Waals surface area contributed by atoms with E-state index in [-0.39, 0.29) is 18.2 Å². The van der Waals surface area contributed by atoms with Gasteiger partial charge in [0.25, 0.3) is 0 Å². The number of nitrogens with one attached hydrogen (secondary N) is 1. The van der Waals surface area contributed by atoms with Crippen molar-refractivity contribution >= 4 is 29.1 Å². The average molecular weight is 453 g/mol. The van der Waals surface area contributed by atoms with Gasteiger partial charge in [-0.15, -0.1) is 0 Å². The number of rotatable bonds is 7. The molecule has 1 aromatic heterocycles. The highest BCUT2D eigenvalue weighted by Gasteiger charge is 2.37. The molecule has 1 aliphatic rings. The monoisotopic (exact) mass is 452 g/mol. The first-order chi connectivity index (χ1) is 15.5. The second kappa shape index (κ2) is 9.44. The van der Waals surface area contributed by atoms with Crippen LogP contribution < -0.4 is 15.0 Å². The van der Waals surface area contributed by atoms with Crippen molar-refractivity contribution in [1.29, 1.82) is 0 Å². The molecule has 32 heavy (non-hydrogen) atoms. The number of benzene rings is 2. The summed E-state index contributed by atoms with van der Waals surface area (Å²) in [5.41, 5.74) is 1.55. The molecule has 0 bridgehead atoms. The zero-order chi connectivity index (χ0) is 22.7. The van der Waals surface area contributed by atoms with Crippen molar-refractivity contribution in [3.05, 3.63) is 77.3 Å². The molecule has 2 heterocycles. The Balaban J connectivity index is 1.55. The number of hydrogen-bond acceptors (Lipinski definition) is 4. The molecule has 166 valence electrons. The Morgan fingerprint density at radius 2 is 2.00 bits per heavy atom. The number of hydrogen-bond donors (Lipinski definition) is 1. The number of carbonyl (C=O) groups is 2. The van der Waals surface area contributed by atoms with Gasteiger partial charge < -0.3 is 19.5 Å². The van der Waals surface area contributed by atoms with Crippen LogP contribution in [0.5, 0.6) is 5.75 Å². The normalized spacial score (nSPS) is 16.8. The predicted octanol–water partition coefficient (Wildman–Crippen LogP) is 3.73. The van der Waals surface area contributed by atoms with Gasteiger partial charge in [0.15, 0.2) is 0 Å². The Bertz CT molecular complexity index is 1110. The molecule has 8 heteroatoms. The summed E-state index contributed by atoms with van der Waals surface area (Å²) in [4.78, 5) is 32.1. The van der Waals surface area contributed by atoms with Crippen LogP contribution in [0.25, 0.3) is 0 Å². The van der Waals surface area contributed by atoms with Crippen LogP contribution in [0.4, 0.5) is 5.69 Å². The Hall–Kier alpha value is -3.32. The zero-order valence-electron chi connectivity index (χ0n) is 18.0. The van der Waals surface area contributed by atoms with Crippen LogP contribution in [0.15, 0.2) is 60.9 Å². The molecule has 1 aliphatic heterocycles. The molecule has 0 radical (unpaired) electrons. The SMILES string of the molecule is CCOc1ccccc1N1CC(C(=O)NC(c2ccc(Cl)cc2)c2nccn2C)CC1=O. The summed E-state index contributed by atoms with van der Waals surface area (Å²) in [5.74, 6) is 0.558. The highest BCUT2D eigenvalue weighted by molar-refractivity contribution is 6.30. The van der Waals surface area contributed by atoms with Gasteiger partial charge in [-0.25, -0.2) is 4.98 Å². The van der Waals surface area contributed by atoms with E-state index in [0.717, 1.165) is 5.56 Å². The van der Waals surface area contributed by atoms with E-state index >= 15 is 0 Å². The molecular formula is C24H25ClN4O3. The molecule has 2 amide bonds. The van der Waals surface area contributed by atoms with Gasteiger partial charge in [0.1, 0.15) is 17.6 Å². The first-order valence-electron chi connectivity index (χ1n) is 10.5. The number of para-hydroxylation sites is 2. The molecular weight excluding hydrogens is 428 g/mol. The maximum atomic E-state index is 13.3. The predicted molar refractivity (Wildman–Crippen MR) is 123 cm³/mol. The van der Waals surface area contributed by atoms with Gasteiger partial charge in [0, 0.05) is 37.4 Å². The summed E-state index contributed by atoms with van der Waals surface area (Å²) >= 11 is 6.05. The van der Waals surface area contributed by atoms with E-state index in [4.69, 9.17) is 16.3 Å². The lowest BCUT2D eigenvalue weighted by Gasteiger charge is -2.22. The van der Waals surface area contributed by atoms with Crippen LogP contribution in [0.1, 0.15) is 30.8 Å². The lowest BCUT2D eigenvalue weighted by Crippen LogP contribution is -2.37. The molecule has 0 saturated carbocycles. The molecule has 0 spiro atoms. The van der Waals surface area contributed by atoms with Crippen molar-refractivity contribution in [2.45, 2.75) is 19.4 Å². The molecule has 1 saturated heterocycles. The summed E-state index contributed by atoms with van der Waals surface area (Å²) < 4.78 is 7.54. The van der Waals surface area contributed by atoms with Crippen molar-refractivity contribution < 1.29 is 14.3 Å². The van der Waals surface area contributed by atoms with E-state index in [1.165, 1.54) is 0 Å². The highest BCUT2D eigenvalue weighted by atomic mass is 35.5. The molecule has 2 atom stereocenters. The van der Waals surface area contributed by atoms with Gasteiger partial charge >= 0.3 is 0 Å². The molecule has 4 rings (SSSR count). The van der Waals surface area contributed by atoms with Gasteiger partial charge in [-0.1, -0.05) is 35.9 Å². The Morgan fingerprint density at radius 1 is 1.25 bits per heavy atom. The van der Waals surface area contributed by atoms with Crippen molar-refractivity contribution in [2.75, 3.05) is 18.1 Å². The Kier molecular flexibility index (Phi) is 6.46. The Labute approximate surface area is 192 Å². The largest absolute Gasteiger partial charge is 0.492 e. The first-order valence-corrected chi connectivity index (χ1v) is 10.9. The van der Waals surface area contributed by atoms with E-state index in [1.54, 1.807) is 23.2 Å². The highest BCUT2D eigenvalue weighted by Crippen LogP contribution is 2.33. The van der Waals surface area contributed by atoms with Gasteiger partial charge in [-0.05, 0) is 36.8 Å². The van der Waals surface area contributed by atoms with Crippen LogP contribution >= 0.6 is 11.6 Å². The minimum Gasteiger partial charge on any atom is -0.492 e. The lowest BCUT2D eigenvalue weighted by atomic mass is 10.0. The zero-order valence-corrected chi connectivity index (χ0v) is 18.7. The maximum absolute atomic E-state index is 13.3. The van der Waals surface area contributed by atoms with Gasteiger partial charge in [0.05, 0.1) is 18.2 Å². The van der Waals surface area contributed by atoms with Crippen LogP contribution in [-0.4, -0.2) is 34.5 Å². The van der Waals surface area contributed by atoms with E-state index in [2.05, 4.69) is 10.3 Å². The van der Waals surface area contributed by atoms with E-state index in [0.29, 0.717) is 35.4 Å². The van der Waals surface area contributed by atoms with Crippen LogP contribution in [0, 0.1) is 5.92 Å². The third-order valence-electron chi connectivity index (χ3n) is 5.56. The van der Waals surface area contributed by atoms with E-state index in [1.807, 2.05) is 61.1 Å². The fourth-order valence-electron chi connectivity index (χ4n) is 3.94. The second-order valence-corrected chi connectivity index (χ2v) is 8.13. The summed E-state index contributed by atoms with van der Waals surface area (Å²) in [6.07, 6.45) is 3.66. The van der Waals surface area contributed by atoms with Crippen molar-refractivity contribution in [1.82, 2.24) is 14.9 Å². The second-order valence-electron chi connectivity index (χ2n) is 7.70. The van der Waals surface area contributed by atoms with Crippen LogP contribution in [0.2, 0.25) is 5.02 Å². The van der Waals surface area contributed by atoms with Crippen LogP contribution in [0.3, 0.4) is 0 Å². The lowest BCUT2D eigenvalue weighted by molar-refractivity contribution is -0.126. The smallest absolute Gasteiger partial charge is 0.227 e. The van der Waals surface area contributed by atoms with Crippen molar-refractivity contribution in [2.24, 2.45) is 13.0 Å². The van der Waals surface area contributed by atoms with E-state index in [9.17, 15) is 9.59 Å². The number of ether oxygens (including phenoxy) is 1. The number of aromatic nitrogens is 2. The summed E-state index contributed by atoms with van der Waals surface area (Å²) in [6.45, 7) is 2.69. The van der Waals surface area contributed by atoms with Crippen molar-refractivity contribution in [3.8, 4) is 5.75 Å². The fourth-order valence-corrected chi connectivity index (χ4v) is 4.07. The average Bonchev–Trinajstić information content (AvgIpc) is 3.39. The molecule has 2 unspecified atom stereocenters. The quantitative estimate of drug-likeness (QED) is 0.592. The molecule has 1 fully saturated rings. The minimum absolute atomic E-state index is 0.0997. The maximum Gasteiger partial charge on any atom is 0.227 e. The standard InChI is InChI=1S/C24H25ClN4O3/c1-3-32-20-7-5-4-6-19(20)29-15-17(14-21(29)30)24(31)27-22(23-26-12-13-28(23)2)16-8-10-18(25)11-9-16/h4-13,17,22H,3,14-15H2,1-2H3,(H,27,31). The molecule has 2 aromatic carbocycles. The van der Waals surface area contributed by atoms with Gasteiger partial charge in [-0.3, -0.25) is 9.59 Å². The molecule has 1 N–H and O–H groups in total. The van der Waals surface area contributed by atoms with E-state index < -0.39 is 12.0 Å². The van der Waals surface area contributed by atoms with Gasteiger partial charge in [0.2, 0.25) is 11.8 Å². The minimum atomic E-state index is -0.479. The summed E-state index contributed by atoms with van der Waals surface area (Å²) in [7, 11) is 1.88. The number of amides is 2. The molecule has 0 aliphatic carbocycles. The number of imidazole rings is 1. The number of nitrogens with zero attached hydrogens (tertiary/aromatic N) is 3. The molecule has 3 aromatic rings. The molecule has 7 nitrogen and oxygen atoms in total.